The fourth-order valence-electron chi connectivity index (χ4n) is 5.50. The lowest BCUT2D eigenvalue weighted by atomic mass is 9.59. The highest BCUT2D eigenvalue weighted by molar-refractivity contribution is 5.84. The number of carbonyl (C=O) groups is 2. The molecule has 3 heterocycles. The highest BCUT2D eigenvalue weighted by atomic mass is 16.6. The maximum Gasteiger partial charge on any atom is 0.317 e. The van der Waals surface area contributed by atoms with E-state index in [1.165, 1.54) is 0 Å². The summed E-state index contributed by atoms with van der Waals surface area (Å²) >= 11 is 0. The van der Waals surface area contributed by atoms with Crippen molar-refractivity contribution >= 4 is 11.9 Å². The minimum atomic E-state index is -0.656. The fraction of sp³-hybridized carbons (Fsp3) is 0.600. The zero-order valence-electron chi connectivity index (χ0n) is 14.2. The van der Waals surface area contributed by atoms with Crippen molar-refractivity contribution in [2.24, 2.45) is 11.3 Å². The molecule has 5 rings (SSSR count). The molecule has 0 radical (unpaired) electrons. The number of rotatable bonds is 3. The zero-order valence-corrected chi connectivity index (χ0v) is 14.2. The number of hydrogen-bond acceptors (Lipinski definition) is 4. The van der Waals surface area contributed by atoms with Crippen molar-refractivity contribution in [2.45, 2.75) is 57.0 Å². The topological polar surface area (TPSA) is 59.1 Å². The molecule has 5 nitrogen and oxygen atoms in total. The predicted molar refractivity (Wildman–Crippen MR) is 89.4 cm³/mol. The Balaban J connectivity index is 1.44. The minimum Gasteiger partial charge on any atom is -0.460 e. The first-order valence-corrected chi connectivity index (χ1v) is 9.36. The first kappa shape index (κ1) is 15.4. The number of piperidine rings is 2. The van der Waals surface area contributed by atoms with E-state index in [0.29, 0.717) is 12.3 Å². The van der Waals surface area contributed by atoms with Crippen molar-refractivity contribution in [3.8, 4) is 0 Å². The molecule has 1 saturated carbocycles. The van der Waals surface area contributed by atoms with Gasteiger partial charge in [0.15, 0.2) is 0 Å². The number of benzene rings is 1. The lowest BCUT2D eigenvalue weighted by Gasteiger charge is -2.54. The molecule has 5 atom stereocenters. The van der Waals surface area contributed by atoms with Crippen molar-refractivity contribution in [1.82, 2.24) is 4.90 Å². The molecular weight excluding hydrogens is 318 g/mol. The number of amides is 1. The fourth-order valence-corrected chi connectivity index (χ4v) is 5.50. The summed E-state index contributed by atoms with van der Waals surface area (Å²) < 4.78 is 11.7. The highest BCUT2D eigenvalue weighted by Gasteiger charge is 2.71. The Bertz CT molecular complexity index is 705. The van der Waals surface area contributed by atoms with E-state index in [9.17, 15) is 9.59 Å². The van der Waals surface area contributed by atoms with Crippen LogP contribution in [0.2, 0.25) is 0 Å². The molecule has 3 saturated heterocycles. The van der Waals surface area contributed by atoms with Gasteiger partial charge in [-0.1, -0.05) is 30.3 Å². The SMILES string of the molecule is O=C1CC[C@H]2C[C@H]3O[C@H]3[C@]3(C(=O)OCc4ccccc4)CCCN1[C@@H]23. The minimum absolute atomic E-state index is 0.0328. The van der Waals surface area contributed by atoms with Crippen LogP contribution in [0, 0.1) is 11.3 Å². The van der Waals surface area contributed by atoms with E-state index < -0.39 is 5.41 Å². The van der Waals surface area contributed by atoms with E-state index in [1.807, 2.05) is 35.2 Å². The summed E-state index contributed by atoms with van der Waals surface area (Å²) in [6.45, 7) is 1.05. The van der Waals surface area contributed by atoms with Crippen molar-refractivity contribution < 1.29 is 19.1 Å². The van der Waals surface area contributed by atoms with Gasteiger partial charge in [-0.25, -0.2) is 0 Å². The van der Waals surface area contributed by atoms with Gasteiger partial charge in [0.25, 0.3) is 0 Å². The van der Waals surface area contributed by atoms with E-state index in [1.54, 1.807) is 0 Å². The normalized spacial score (nSPS) is 38.6. The van der Waals surface area contributed by atoms with Crippen LogP contribution in [0.3, 0.4) is 0 Å². The van der Waals surface area contributed by atoms with Gasteiger partial charge in [-0.05, 0) is 37.2 Å². The molecule has 0 N–H and O–H groups in total. The van der Waals surface area contributed by atoms with Crippen LogP contribution in [-0.2, 0) is 25.7 Å². The summed E-state index contributed by atoms with van der Waals surface area (Å²) in [5.74, 6) is 0.393. The molecule has 1 aromatic carbocycles. The van der Waals surface area contributed by atoms with E-state index in [4.69, 9.17) is 9.47 Å². The third-order valence-electron chi connectivity index (χ3n) is 6.57. The number of fused-ring (bicyclic) bond motifs is 2. The van der Waals surface area contributed by atoms with Crippen LogP contribution in [-0.4, -0.2) is 41.6 Å². The van der Waals surface area contributed by atoms with Gasteiger partial charge in [0.1, 0.15) is 18.1 Å². The molecule has 25 heavy (non-hydrogen) atoms. The Kier molecular flexibility index (Phi) is 3.42. The highest BCUT2D eigenvalue weighted by Crippen LogP contribution is 2.59. The standard InChI is InChI=1S/C20H23NO4/c22-16-8-7-14-11-15-18(25-15)20(9-4-10-21(16)17(14)20)19(23)24-12-13-5-2-1-3-6-13/h1-3,5-6,14-15,17-18H,4,7-12H2/t14-,15+,17-,18+,20-/m0/s1. The molecule has 4 aliphatic rings. The smallest absolute Gasteiger partial charge is 0.317 e. The first-order chi connectivity index (χ1) is 12.2. The van der Waals surface area contributed by atoms with Crippen LogP contribution in [0.1, 0.15) is 37.7 Å². The predicted octanol–water partition coefficient (Wildman–Crippen LogP) is 2.29. The van der Waals surface area contributed by atoms with Gasteiger partial charge in [-0.2, -0.15) is 0 Å². The summed E-state index contributed by atoms with van der Waals surface area (Å²) in [5.41, 5.74) is 0.330. The van der Waals surface area contributed by atoms with Crippen LogP contribution in [0.5, 0.6) is 0 Å². The van der Waals surface area contributed by atoms with Gasteiger partial charge >= 0.3 is 5.97 Å². The molecule has 1 aromatic rings. The summed E-state index contributed by atoms with van der Waals surface area (Å²) in [7, 11) is 0. The number of esters is 1. The lowest BCUT2D eigenvalue weighted by Crippen LogP contribution is -2.67. The Morgan fingerprint density at radius 1 is 1.32 bits per heavy atom. The third-order valence-corrected chi connectivity index (χ3v) is 6.57. The molecule has 1 aliphatic carbocycles. The monoisotopic (exact) mass is 341 g/mol. The molecular formula is C20H23NO4. The third kappa shape index (κ3) is 2.25. The Morgan fingerprint density at radius 3 is 3.00 bits per heavy atom. The van der Waals surface area contributed by atoms with Gasteiger partial charge in [0, 0.05) is 13.0 Å². The van der Waals surface area contributed by atoms with Gasteiger partial charge in [-0.3, -0.25) is 9.59 Å². The lowest BCUT2D eigenvalue weighted by molar-refractivity contribution is -0.178. The van der Waals surface area contributed by atoms with Gasteiger partial charge in [-0.15, -0.1) is 0 Å². The Morgan fingerprint density at radius 2 is 2.16 bits per heavy atom. The Hall–Kier alpha value is -1.88. The summed E-state index contributed by atoms with van der Waals surface area (Å²) in [6, 6.07) is 9.73. The van der Waals surface area contributed by atoms with E-state index in [0.717, 1.165) is 37.8 Å². The molecule has 0 aromatic heterocycles. The van der Waals surface area contributed by atoms with E-state index in [-0.39, 0.29) is 36.7 Å². The Labute approximate surface area is 147 Å². The second kappa shape index (κ2) is 5.56. The van der Waals surface area contributed by atoms with Crippen LogP contribution in [0.25, 0.3) is 0 Å². The van der Waals surface area contributed by atoms with Gasteiger partial charge < -0.3 is 14.4 Å². The number of ether oxygens (including phenoxy) is 2. The number of nitrogens with zero attached hydrogens (tertiary/aromatic N) is 1. The molecule has 5 heteroatoms. The van der Waals surface area contributed by atoms with Crippen LogP contribution in [0.4, 0.5) is 0 Å². The van der Waals surface area contributed by atoms with Crippen LogP contribution in [0.15, 0.2) is 30.3 Å². The zero-order chi connectivity index (χ0) is 17.0. The maximum absolute atomic E-state index is 13.3. The largest absolute Gasteiger partial charge is 0.460 e. The van der Waals surface area contributed by atoms with E-state index in [2.05, 4.69) is 0 Å². The van der Waals surface area contributed by atoms with E-state index >= 15 is 0 Å². The molecule has 0 unspecified atom stereocenters. The van der Waals surface area contributed by atoms with Crippen molar-refractivity contribution in [3.05, 3.63) is 35.9 Å². The second-order valence-corrected chi connectivity index (χ2v) is 7.87. The van der Waals surface area contributed by atoms with Crippen molar-refractivity contribution in [3.63, 3.8) is 0 Å². The number of epoxide rings is 1. The maximum atomic E-state index is 13.3. The number of hydrogen-bond donors (Lipinski definition) is 0. The van der Waals surface area contributed by atoms with Gasteiger partial charge in [0.2, 0.25) is 5.91 Å². The molecule has 1 amide bonds. The summed E-state index contributed by atoms with van der Waals surface area (Å²) in [5, 5.41) is 0. The molecule has 3 aliphatic heterocycles. The first-order valence-electron chi connectivity index (χ1n) is 9.36. The average Bonchev–Trinajstić information content (AvgIpc) is 3.43. The summed E-state index contributed by atoms with van der Waals surface area (Å²) in [6.07, 6.45) is 4.19. The molecule has 132 valence electrons. The van der Waals surface area contributed by atoms with Crippen LogP contribution < -0.4 is 0 Å². The summed E-state index contributed by atoms with van der Waals surface area (Å²) in [4.78, 5) is 27.7. The van der Waals surface area contributed by atoms with Crippen molar-refractivity contribution in [1.29, 1.82) is 0 Å². The van der Waals surface area contributed by atoms with Gasteiger partial charge in [0.05, 0.1) is 12.1 Å². The quantitative estimate of drug-likeness (QED) is 0.625. The average molecular weight is 341 g/mol. The van der Waals surface area contributed by atoms with Crippen molar-refractivity contribution in [2.75, 3.05) is 6.54 Å². The van der Waals surface area contributed by atoms with Crippen LogP contribution >= 0.6 is 0 Å². The number of carbonyl (C=O) groups excluding carboxylic acids is 2. The molecule has 4 fully saturated rings. The molecule has 0 spiro atoms. The molecule has 0 bridgehead atoms. The second-order valence-electron chi connectivity index (χ2n) is 7.87.